The molecule has 2 aromatic heterocycles. The summed E-state index contributed by atoms with van der Waals surface area (Å²) in [6.07, 6.45) is 3.12. The number of pyridine rings is 1. The molecule has 0 saturated heterocycles. The van der Waals surface area contributed by atoms with Crippen LogP contribution < -0.4 is 10.9 Å². The molecule has 21 heavy (non-hydrogen) atoms. The number of amides is 1. The number of aromatic amines is 1. The van der Waals surface area contributed by atoms with Crippen LogP contribution in [0.15, 0.2) is 29.3 Å². The van der Waals surface area contributed by atoms with Gasteiger partial charge in [0.15, 0.2) is 0 Å². The van der Waals surface area contributed by atoms with Gasteiger partial charge in [-0.3, -0.25) is 14.6 Å². The molecular weight excluding hydrogens is 268 g/mol. The van der Waals surface area contributed by atoms with Crippen LogP contribution in [0.4, 0.5) is 5.69 Å². The molecule has 0 atom stereocenters. The van der Waals surface area contributed by atoms with E-state index in [0.717, 1.165) is 0 Å². The lowest BCUT2D eigenvalue weighted by atomic mass is 9.95. The van der Waals surface area contributed by atoms with Gasteiger partial charge < -0.3 is 10.3 Å². The van der Waals surface area contributed by atoms with Gasteiger partial charge in [-0.1, -0.05) is 20.8 Å². The molecule has 0 aromatic carbocycles. The first-order valence-electron chi connectivity index (χ1n) is 6.62. The summed E-state index contributed by atoms with van der Waals surface area (Å²) >= 11 is 0. The minimum Gasteiger partial charge on any atom is -0.320 e. The minimum atomic E-state index is -0.491. The van der Waals surface area contributed by atoms with E-state index in [1.807, 2.05) is 20.8 Å². The smallest absolute Gasteiger partial charge is 0.264 e. The Bertz CT molecular complexity index is 715. The van der Waals surface area contributed by atoms with E-state index in [0.29, 0.717) is 17.2 Å². The molecule has 6 nitrogen and oxygen atoms in total. The maximum atomic E-state index is 12.2. The molecule has 6 heteroatoms. The van der Waals surface area contributed by atoms with Crippen molar-refractivity contribution in [2.75, 3.05) is 5.32 Å². The van der Waals surface area contributed by atoms with E-state index in [-0.39, 0.29) is 11.0 Å². The topological polar surface area (TPSA) is 87.7 Å². The third kappa shape index (κ3) is 3.34. The number of aromatic nitrogens is 3. The molecule has 0 bridgehead atoms. The molecule has 0 aliphatic heterocycles. The highest BCUT2D eigenvalue weighted by molar-refractivity contribution is 6.04. The first-order valence-corrected chi connectivity index (χ1v) is 6.62. The van der Waals surface area contributed by atoms with Gasteiger partial charge in [0.1, 0.15) is 11.4 Å². The van der Waals surface area contributed by atoms with Crippen LogP contribution in [0.5, 0.6) is 0 Å². The molecule has 110 valence electrons. The van der Waals surface area contributed by atoms with E-state index in [1.165, 1.54) is 6.20 Å². The van der Waals surface area contributed by atoms with Crippen molar-refractivity contribution in [3.63, 3.8) is 0 Å². The Morgan fingerprint density at radius 2 is 2.05 bits per heavy atom. The molecule has 1 amide bonds. The Morgan fingerprint density at radius 1 is 1.33 bits per heavy atom. The summed E-state index contributed by atoms with van der Waals surface area (Å²) in [6, 6.07) is 3.40. The fraction of sp³-hybridized carbons (Fsp3) is 0.333. The molecule has 2 aromatic rings. The predicted octanol–water partition coefficient (Wildman–Crippen LogP) is 2.02. The van der Waals surface area contributed by atoms with Gasteiger partial charge in [-0.2, -0.15) is 0 Å². The van der Waals surface area contributed by atoms with Crippen LogP contribution in [0.25, 0.3) is 0 Å². The average molecular weight is 286 g/mol. The number of carbonyl (C=O) groups excluding carboxylic acids is 1. The van der Waals surface area contributed by atoms with Crippen molar-refractivity contribution in [3.05, 3.63) is 52.0 Å². The second kappa shape index (κ2) is 5.47. The maximum absolute atomic E-state index is 12.2. The Hall–Kier alpha value is -2.50. The molecule has 0 spiro atoms. The lowest BCUT2D eigenvalue weighted by Crippen LogP contribution is -2.30. The van der Waals surface area contributed by atoms with Gasteiger partial charge in [0, 0.05) is 11.6 Å². The van der Waals surface area contributed by atoms with Crippen molar-refractivity contribution in [1.82, 2.24) is 15.0 Å². The van der Waals surface area contributed by atoms with E-state index < -0.39 is 11.5 Å². The Labute approximate surface area is 122 Å². The summed E-state index contributed by atoms with van der Waals surface area (Å²) in [7, 11) is 0. The van der Waals surface area contributed by atoms with Gasteiger partial charge in [-0.25, -0.2) is 4.98 Å². The largest absolute Gasteiger partial charge is 0.320 e. The summed E-state index contributed by atoms with van der Waals surface area (Å²) in [6.45, 7) is 7.49. The second-order valence-corrected chi connectivity index (χ2v) is 5.82. The third-order valence-electron chi connectivity index (χ3n) is 2.96. The Balaban J connectivity index is 2.37. The van der Waals surface area contributed by atoms with E-state index in [4.69, 9.17) is 0 Å². The molecule has 0 aliphatic carbocycles. The number of hydrogen-bond donors (Lipinski definition) is 2. The van der Waals surface area contributed by atoms with Crippen molar-refractivity contribution in [1.29, 1.82) is 0 Å². The first-order chi connectivity index (χ1) is 9.79. The zero-order chi connectivity index (χ0) is 15.6. The Morgan fingerprint density at radius 3 is 2.57 bits per heavy atom. The first kappa shape index (κ1) is 14.9. The fourth-order valence-electron chi connectivity index (χ4n) is 1.84. The Kier molecular flexibility index (Phi) is 3.88. The van der Waals surface area contributed by atoms with Crippen LogP contribution >= 0.6 is 0 Å². The van der Waals surface area contributed by atoms with Crippen molar-refractivity contribution in [3.8, 4) is 0 Å². The van der Waals surface area contributed by atoms with Crippen molar-refractivity contribution < 1.29 is 4.79 Å². The van der Waals surface area contributed by atoms with E-state index in [2.05, 4.69) is 20.3 Å². The number of anilines is 1. The zero-order valence-corrected chi connectivity index (χ0v) is 12.5. The second-order valence-electron chi connectivity index (χ2n) is 5.82. The van der Waals surface area contributed by atoms with Crippen LogP contribution in [0.3, 0.4) is 0 Å². The molecular formula is C15H18N4O2. The normalized spacial score (nSPS) is 11.2. The molecule has 0 radical (unpaired) electrons. The highest BCUT2D eigenvalue weighted by Crippen LogP contribution is 2.17. The van der Waals surface area contributed by atoms with Gasteiger partial charge in [0.05, 0.1) is 17.6 Å². The fourth-order valence-corrected chi connectivity index (χ4v) is 1.84. The highest BCUT2D eigenvalue weighted by atomic mass is 16.2. The molecule has 2 heterocycles. The number of carbonyl (C=O) groups is 1. The maximum Gasteiger partial charge on any atom is 0.264 e. The van der Waals surface area contributed by atoms with E-state index in [1.54, 1.807) is 25.3 Å². The van der Waals surface area contributed by atoms with E-state index in [9.17, 15) is 9.59 Å². The average Bonchev–Trinajstić information content (AvgIpc) is 2.37. The lowest BCUT2D eigenvalue weighted by Gasteiger charge is -2.18. The molecule has 0 saturated carbocycles. The van der Waals surface area contributed by atoms with Crippen LogP contribution in [0.1, 0.15) is 42.6 Å². The third-order valence-corrected chi connectivity index (χ3v) is 2.96. The molecule has 0 aliphatic rings. The molecule has 2 N–H and O–H groups in total. The van der Waals surface area contributed by atoms with Crippen molar-refractivity contribution in [2.45, 2.75) is 33.1 Å². The SMILES string of the molecule is Cc1nc(C(C)(C)C)[nH]c(=O)c1C(=O)Nc1cccnc1. The zero-order valence-electron chi connectivity index (χ0n) is 12.5. The van der Waals surface area contributed by atoms with Crippen LogP contribution in [0.2, 0.25) is 0 Å². The van der Waals surface area contributed by atoms with Gasteiger partial charge in [0.2, 0.25) is 0 Å². The van der Waals surface area contributed by atoms with Gasteiger partial charge in [0.25, 0.3) is 11.5 Å². The highest BCUT2D eigenvalue weighted by Gasteiger charge is 2.22. The summed E-state index contributed by atoms with van der Waals surface area (Å²) in [5.74, 6) is 0.0673. The predicted molar refractivity (Wildman–Crippen MR) is 80.5 cm³/mol. The summed E-state index contributed by atoms with van der Waals surface area (Å²) in [5, 5.41) is 2.64. The number of H-pyrrole nitrogens is 1. The van der Waals surface area contributed by atoms with Crippen molar-refractivity contribution >= 4 is 11.6 Å². The number of nitrogens with zero attached hydrogens (tertiary/aromatic N) is 2. The summed E-state index contributed by atoms with van der Waals surface area (Å²) in [5.41, 5.74) is 0.231. The quantitative estimate of drug-likeness (QED) is 0.884. The standard InChI is InChI=1S/C15H18N4O2/c1-9-11(12(20)18-10-6-5-7-16-8-10)13(21)19-14(17-9)15(2,3)4/h5-8H,1-4H3,(H,18,20)(H,17,19,21). The van der Waals surface area contributed by atoms with Crippen molar-refractivity contribution in [2.24, 2.45) is 0 Å². The summed E-state index contributed by atoms with van der Waals surface area (Å²) in [4.78, 5) is 35.3. The molecule has 2 rings (SSSR count). The van der Waals surface area contributed by atoms with Crippen LogP contribution in [-0.4, -0.2) is 20.9 Å². The van der Waals surface area contributed by atoms with Crippen LogP contribution in [-0.2, 0) is 5.41 Å². The number of nitrogens with one attached hydrogen (secondary N) is 2. The van der Waals surface area contributed by atoms with Gasteiger partial charge >= 0.3 is 0 Å². The number of hydrogen-bond acceptors (Lipinski definition) is 4. The van der Waals surface area contributed by atoms with E-state index >= 15 is 0 Å². The molecule has 0 unspecified atom stereocenters. The monoisotopic (exact) mass is 286 g/mol. The number of aryl methyl sites for hydroxylation is 1. The number of rotatable bonds is 2. The van der Waals surface area contributed by atoms with Gasteiger partial charge in [-0.15, -0.1) is 0 Å². The molecule has 0 fully saturated rings. The minimum absolute atomic E-state index is 0.0202. The lowest BCUT2D eigenvalue weighted by molar-refractivity contribution is 0.102. The summed E-state index contributed by atoms with van der Waals surface area (Å²) < 4.78 is 0. The van der Waals surface area contributed by atoms with Crippen LogP contribution in [0, 0.1) is 6.92 Å². The van der Waals surface area contributed by atoms with Gasteiger partial charge in [-0.05, 0) is 19.1 Å².